The molecule has 0 aliphatic carbocycles. The van der Waals surface area contributed by atoms with Crippen molar-refractivity contribution >= 4 is 0 Å². The van der Waals surface area contributed by atoms with Gasteiger partial charge in [-0.2, -0.15) is 0 Å². The minimum Gasteiger partial charge on any atom is -0.367 e. The van der Waals surface area contributed by atoms with E-state index in [1.807, 2.05) is 0 Å². The molecule has 1 atom stereocenters. The lowest BCUT2D eigenvalue weighted by Crippen LogP contribution is -2.30. The van der Waals surface area contributed by atoms with Crippen LogP contribution in [0.25, 0.3) is 0 Å². The quantitative estimate of drug-likeness (QED) is 0.349. The fourth-order valence-corrected chi connectivity index (χ4v) is 0. The molecule has 0 aliphatic heterocycles. The molecule has 0 aromatic carbocycles. The summed E-state index contributed by atoms with van der Waals surface area (Å²) < 4.78 is 0. The predicted octanol–water partition coefficient (Wildman–Crippen LogP) is -1.36. The van der Waals surface area contributed by atoms with Crippen LogP contribution in [0.3, 0.4) is 0 Å². The molecule has 0 rings (SSSR count). The van der Waals surface area contributed by atoms with Crippen LogP contribution in [0, 0.1) is 0 Å². The topological polar surface area (TPSA) is 66.5 Å². The zero-order valence-electron chi connectivity index (χ0n) is 3.63. The van der Waals surface area contributed by atoms with Gasteiger partial charge in [-0.3, -0.25) is 0 Å². The highest BCUT2D eigenvalue weighted by Gasteiger charge is 2.00. The van der Waals surface area contributed by atoms with Crippen LogP contribution in [0.4, 0.5) is 0 Å². The highest BCUT2D eigenvalue weighted by Crippen LogP contribution is 1.77. The van der Waals surface area contributed by atoms with Gasteiger partial charge in [0, 0.05) is 0 Å². The second kappa shape index (κ2) is 2.12. The molecular formula is C3H9NO2. The first-order valence-corrected chi connectivity index (χ1v) is 1.76. The van der Waals surface area contributed by atoms with Gasteiger partial charge in [0.05, 0.1) is 6.04 Å². The van der Waals surface area contributed by atoms with Crippen LogP contribution in [0.5, 0.6) is 0 Å². The van der Waals surface area contributed by atoms with Gasteiger partial charge in [0.25, 0.3) is 0 Å². The van der Waals surface area contributed by atoms with Gasteiger partial charge in [0.15, 0.2) is 6.29 Å². The summed E-state index contributed by atoms with van der Waals surface area (Å²) in [6, 6.07) is -0.537. The summed E-state index contributed by atoms with van der Waals surface area (Å²) in [5, 5.41) is 16.1. The molecule has 0 amide bonds. The molecule has 0 spiro atoms. The monoisotopic (exact) mass is 91.1 g/mol. The summed E-state index contributed by atoms with van der Waals surface area (Å²) in [5.74, 6) is 0. The molecular weight excluding hydrogens is 82.0 g/mol. The Morgan fingerprint density at radius 3 is 1.67 bits per heavy atom. The fourth-order valence-electron chi connectivity index (χ4n) is 0. The van der Waals surface area contributed by atoms with Gasteiger partial charge in [0.1, 0.15) is 0 Å². The molecule has 6 heavy (non-hydrogen) atoms. The van der Waals surface area contributed by atoms with Crippen molar-refractivity contribution in [3.05, 3.63) is 0 Å². The molecule has 38 valence electrons. The Morgan fingerprint density at radius 1 is 1.50 bits per heavy atom. The van der Waals surface area contributed by atoms with Crippen LogP contribution < -0.4 is 5.73 Å². The van der Waals surface area contributed by atoms with E-state index in [9.17, 15) is 0 Å². The Hall–Kier alpha value is -0.120. The van der Waals surface area contributed by atoms with Crippen molar-refractivity contribution in [1.82, 2.24) is 0 Å². The largest absolute Gasteiger partial charge is 0.367 e. The average molecular weight is 91.1 g/mol. The van der Waals surface area contributed by atoms with Gasteiger partial charge in [-0.15, -0.1) is 0 Å². The van der Waals surface area contributed by atoms with Crippen molar-refractivity contribution in [2.24, 2.45) is 5.73 Å². The number of hydrogen-bond acceptors (Lipinski definition) is 3. The van der Waals surface area contributed by atoms with E-state index in [0.29, 0.717) is 0 Å². The van der Waals surface area contributed by atoms with Gasteiger partial charge in [0.2, 0.25) is 0 Å². The molecule has 3 nitrogen and oxygen atoms in total. The first kappa shape index (κ1) is 5.88. The van der Waals surface area contributed by atoms with E-state index >= 15 is 0 Å². The smallest absolute Gasteiger partial charge is 0.166 e. The van der Waals surface area contributed by atoms with Gasteiger partial charge in [-0.1, -0.05) is 0 Å². The van der Waals surface area contributed by atoms with Crippen LogP contribution in [0.2, 0.25) is 0 Å². The molecule has 0 aromatic heterocycles. The van der Waals surface area contributed by atoms with Crippen LogP contribution >= 0.6 is 0 Å². The third kappa shape index (κ3) is 2.14. The van der Waals surface area contributed by atoms with Crippen molar-refractivity contribution in [3.8, 4) is 0 Å². The van der Waals surface area contributed by atoms with Crippen molar-refractivity contribution in [3.63, 3.8) is 0 Å². The van der Waals surface area contributed by atoms with Gasteiger partial charge in [-0.05, 0) is 6.92 Å². The second-order valence-electron chi connectivity index (χ2n) is 1.27. The zero-order chi connectivity index (χ0) is 5.15. The summed E-state index contributed by atoms with van der Waals surface area (Å²) in [5.41, 5.74) is 4.94. The minimum atomic E-state index is -1.37. The number of hydrogen-bond donors (Lipinski definition) is 3. The third-order valence-electron chi connectivity index (χ3n) is 0.470. The Bertz CT molecular complexity index is 29.8. The Labute approximate surface area is 36.4 Å². The van der Waals surface area contributed by atoms with E-state index in [2.05, 4.69) is 0 Å². The summed E-state index contributed by atoms with van der Waals surface area (Å²) >= 11 is 0. The molecule has 4 N–H and O–H groups in total. The summed E-state index contributed by atoms with van der Waals surface area (Å²) in [6.45, 7) is 1.52. The van der Waals surface area contributed by atoms with E-state index in [1.165, 1.54) is 6.92 Å². The maximum atomic E-state index is 8.06. The van der Waals surface area contributed by atoms with Gasteiger partial charge in [-0.25, -0.2) is 0 Å². The van der Waals surface area contributed by atoms with Gasteiger partial charge < -0.3 is 15.9 Å². The molecule has 0 bridgehead atoms. The zero-order valence-corrected chi connectivity index (χ0v) is 3.63. The SMILES string of the molecule is CC(N)C(O)O. The van der Waals surface area contributed by atoms with E-state index in [-0.39, 0.29) is 0 Å². The second-order valence-corrected chi connectivity index (χ2v) is 1.27. The fraction of sp³-hybridized carbons (Fsp3) is 1.00. The van der Waals surface area contributed by atoms with Crippen LogP contribution in [-0.4, -0.2) is 22.5 Å². The lowest BCUT2D eigenvalue weighted by Gasteiger charge is -2.03. The van der Waals surface area contributed by atoms with Crippen LogP contribution in [0.15, 0.2) is 0 Å². The van der Waals surface area contributed by atoms with E-state index in [4.69, 9.17) is 15.9 Å². The molecule has 0 fully saturated rings. The Morgan fingerprint density at radius 2 is 1.67 bits per heavy atom. The van der Waals surface area contributed by atoms with Crippen LogP contribution in [-0.2, 0) is 0 Å². The Kier molecular flexibility index (Phi) is 2.08. The summed E-state index contributed by atoms with van der Waals surface area (Å²) in [7, 11) is 0. The first-order valence-electron chi connectivity index (χ1n) is 1.76. The molecule has 0 aliphatic rings. The van der Waals surface area contributed by atoms with E-state index in [0.717, 1.165) is 0 Å². The first-order chi connectivity index (χ1) is 2.64. The summed E-state index contributed by atoms with van der Waals surface area (Å²) in [6.07, 6.45) is -1.37. The maximum Gasteiger partial charge on any atom is 0.166 e. The Balaban J connectivity index is 2.99. The molecule has 3 heteroatoms. The standard InChI is InChI=1S/C3H9NO2/c1-2(4)3(5)6/h2-3,5-6H,4H2,1H3. The molecule has 1 unspecified atom stereocenters. The van der Waals surface area contributed by atoms with E-state index in [1.54, 1.807) is 0 Å². The number of aliphatic hydroxyl groups excluding tert-OH is 1. The normalized spacial score (nSPS) is 15.5. The third-order valence-corrected chi connectivity index (χ3v) is 0.470. The summed E-state index contributed by atoms with van der Waals surface area (Å²) in [4.78, 5) is 0. The maximum absolute atomic E-state index is 8.06. The molecule has 0 aromatic rings. The minimum absolute atomic E-state index is 0.537. The lowest BCUT2D eigenvalue weighted by molar-refractivity contribution is -0.0538. The van der Waals surface area contributed by atoms with E-state index < -0.39 is 12.3 Å². The molecule has 0 saturated carbocycles. The lowest BCUT2D eigenvalue weighted by atomic mass is 10.4. The predicted molar refractivity (Wildman–Crippen MR) is 21.9 cm³/mol. The number of nitrogens with two attached hydrogens (primary N) is 1. The average Bonchev–Trinajstić information content (AvgIpc) is 1.36. The van der Waals surface area contributed by atoms with Crippen LogP contribution in [0.1, 0.15) is 6.92 Å². The van der Waals surface area contributed by atoms with Crippen molar-refractivity contribution in [2.75, 3.05) is 0 Å². The van der Waals surface area contributed by atoms with Gasteiger partial charge >= 0.3 is 0 Å². The van der Waals surface area contributed by atoms with Crippen molar-refractivity contribution < 1.29 is 10.2 Å². The van der Waals surface area contributed by atoms with Crippen molar-refractivity contribution in [2.45, 2.75) is 19.3 Å². The molecule has 0 saturated heterocycles. The molecule has 0 radical (unpaired) electrons. The van der Waals surface area contributed by atoms with Crippen molar-refractivity contribution in [1.29, 1.82) is 0 Å². The highest BCUT2D eigenvalue weighted by molar-refractivity contribution is 4.50. The number of aliphatic hydroxyl groups is 2. The molecule has 0 heterocycles. The highest BCUT2D eigenvalue weighted by atomic mass is 16.5. The number of rotatable bonds is 1.